The van der Waals surface area contributed by atoms with E-state index in [0.717, 1.165) is 0 Å². The summed E-state index contributed by atoms with van der Waals surface area (Å²) in [7, 11) is 0. The number of benzene rings is 2. The van der Waals surface area contributed by atoms with Crippen molar-refractivity contribution in [3.63, 3.8) is 0 Å². The SMILES string of the molecule is CC(C)=CCC1Cc2cccc3cccc1c23. The smallest absolute Gasteiger partial charge is 0.00804 e. The molecule has 17 heavy (non-hydrogen) atoms. The van der Waals surface area contributed by atoms with Crippen LogP contribution in [0.25, 0.3) is 10.8 Å². The maximum Gasteiger partial charge on any atom is -0.00804 e. The van der Waals surface area contributed by atoms with Crippen LogP contribution in [-0.4, -0.2) is 0 Å². The van der Waals surface area contributed by atoms with Crippen molar-refractivity contribution >= 4 is 10.8 Å². The maximum atomic E-state index is 2.37. The first kappa shape index (κ1) is 10.6. The molecule has 1 atom stereocenters. The second-order valence-electron chi connectivity index (χ2n) is 5.28. The van der Waals surface area contributed by atoms with Gasteiger partial charge in [-0.05, 0) is 54.5 Å². The Balaban J connectivity index is 2.07. The second-order valence-corrected chi connectivity index (χ2v) is 5.28. The van der Waals surface area contributed by atoms with E-state index in [9.17, 15) is 0 Å². The Morgan fingerprint density at radius 2 is 1.94 bits per heavy atom. The molecule has 0 saturated heterocycles. The van der Waals surface area contributed by atoms with Gasteiger partial charge in [-0.15, -0.1) is 0 Å². The Morgan fingerprint density at radius 3 is 2.71 bits per heavy atom. The fourth-order valence-electron chi connectivity index (χ4n) is 2.92. The van der Waals surface area contributed by atoms with Crippen molar-refractivity contribution in [3.05, 3.63) is 59.2 Å². The third-order valence-electron chi connectivity index (χ3n) is 3.74. The third-order valence-corrected chi connectivity index (χ3v) is 3.74. The molecule has 0 aliphatic heterocycles. The van der Waals surface area contributed by atoms with Crippen molar-refractivity contribution in [1.82, 2.24) is 0 Å². The van der Waals surface area contributed by atoms with E-state index in [1.54, 1.807) is 5.56 Å². The van der Waals surface area contributed by atoms with Gasteiger partial charge in [-0.1, -0.05) is 48.0 Å². The van der Waals surface area contributed by atoms with E-state index in [1.165, 1.54) is 34.8 Å². The van der Waals surface area contributed by atoms with Crippen LogP contribution in [0, 0.1) is 0 Å². The molecule has 0 nitrogen and oxygen atoms in total. The molecule has 0 saturated carbocycles. The Morgan fingerprint density at radius 1 is 1.18 bits per heavy atom. The van der Waals surface area contributed by atoms with E-state index in [0.29, 0.717) is 5.92 Å². The van der Waals surface area contributed by atoms with Gasteiger partial charge in [0.25, 0.3) is 0 Å². The fourth-order valence-corrected chi connectivity index (χ4v) is 2.92. The summed E-state index contributed by atoms with van der Waals surface area (Å²) in [6.45, 7) is 4.37. The first-order chi connectivity index (χ1) is 8.25. The largest absolute Gasteiger partial charge is 0.0853 e. The molecule has 86 valence electrons. The summed E-state index contributed by atoms with van der Waals surface area (Å²) in [5, 5.41) is 2.92. The molecule has 2 aromatic carbocycles. The van der Waals surface area contributed by atoms with E-state index in [1.807, 2.05) is 0 Å². The van der Waals surface area contributed by atoms with E-state index >= 15 is 0 Å². The zero-order valence-electron chi connectivity index (χ0n) is 10.5. The molecular formula is C17H18. The lowest BCUT2D eigenvalue weighted by Crippen LogP contribution is -1.94. The number of rotatable bonds is 2. The lowest BCUT2D eigenvalue weighted by Gasteiger charge is -2.08. The predicted octanol–water partition coefficient (Wildman–Crippen LogP) is 4.84. The Labute approximate surface area is 103 Å². The molecule has 0 bridgehead atoms. The minimum Gasteiger partial charge on any atom is -0.0853 e. The summed E-state index contributed by atoms with van der Waals surface area (Å²) in [4.78, 5) is 0. The lowest BCUT2D eigenvalue weighted by molar-refractivity contribution is 0.723. The molecule has 1 aliphatic rings. The van der Waals surface area contributed by atoms with E-state index < -0.39 is 0 Å². The monoisotopic (exact) mass is 222 g/mol. The molecule has 0 aromatic heterocycles. The average Bonchev–Trinajstić information content (AvgIpc) is 2.68. The molecule has 1 unspecified atom stereocenters. The summed E-state index contributed by atoms with van der Waals surface area (Å²) >= 11 is 0. The lowest BCUT2D eigenvalue weighted by atomic mass is 9.96. The summed E-state index contributed by atoms with van der Waals surface area (Å²) in [6.07, 6.45) is 4.76. The minimum absolute atomic E-state index is 0.686. The quantitative estimate of drug-likeness (QED) is 0.638. The molecular weight excluding hydrogens is 204 g/mol. The van der Waals surface area contributed by atoms with Crippen LogP contribution >= 0.6 is 0 Å². The van der Waals surface area contributed by atoms with Gasteiger partial charge in [-0.25, -0.2) is 0 Å². The molecule has 3 rings (SSSR count). The third kappa shape index (κ3) is 1.78. The van der Waals surface area contributed by atoms with Crippen LogP contribution < -0.4 is 0 Å². The van der Waals surface area contributed by atoms with Gasteiger partial charge in [0.2, 0.25) is 0 Å². The topological polar surface area (TPSA) is 0 Å². The van der Waals surface area contributed by atoms with Gasteiger partial charge in [-0.2, -0.15) is 0 Å². The minimum atomic E-state index is 0.686. The Bertz CT molecular complexity index is 581. The van der Waals surface area contributed by atoms with Gasteiger partial charge in [0.05, 0.1) is 0 Å². The van der Waals surface area contributed by atoms with Gasteiger partial charge in [0.15, 0.2) is 0 Å². The summed E-state index contributed by atoms with van der Waals surface area (Å²) < 4.78 is 0. The summed E-state index contributed by atoms with van der Waals surface area (Å²) in [5.41, 5.74) is 4.51. The van der Waals surface area contributed by atoms with Gasteiger partial charge in [-0.3, -0.25) is 0 Å². The van der Waals surface area contributed by atoms with Crippen molar-refractivity contribution < 1.29 is 0 Å². The first-order valence-electron chi connectivity index (χ1n) is 6.39. The van der Waals surface area contributed by atoms with Crippen LogP contribution in [0.4, 0.5) is 0 Å². The highest BCUT2D eigenvalue weighted by molar-refractivity contribution is 5.91. The van der Waals surface area contributed by atoms with Crippen LogP contribution in [0.1, 0.15) is 37.3 Å². The zero-order valence-corrected chi connectivity index (χ0v) is 10.5. The number of allylic oxidation sites excluding steroid dienone is 2. The number of hydrogen-bond acceptors (Lipinski definition) is 0. The zero-order chi connectivity index (χ0) is 11.8. The Hall–Kier alpha value is -1.56. The standard InChI is InChI=1S/C17H18/c1-12(2)9-10-14-11-15-7-3-5-13-6-4-8-16(14)17(13)15/h3-9,14H,10-11H2,1-2H3. The van der Waals surface area contributed by atoms with Gasteiger partial charge in [0.1, 0.15) is 0 Å². The highest BCUT2D eigenvalue weighted by Crippen LogP contribution is 2.40. The van der Waals surface area contributed by atoms with Gasteiger partial charge >= 0.3 is 0 Å². The van der Waals surface area contributed by atoms with Crippen molar-refractivity contribution in [1.29, 1.82) is 0 Å². The summed E-state index contributed by atoms with van der Waals surface area (Å²) in [6, 6.07) is 13.4. The average molecular weight is 222 g/mol. The van der Waals surface area contributed by atoms with Crippen molar-refractivity contribution in [2.24, 2.45) is 0 Å². The van der Waals surface area contributed by atoms with Crippen LogP contribution in [0.3, 0.4) is 0 Å². The van der Waals surface area contributed by atoms with Crippen molar-refractivity contribution in [2.45, 2.75) is 32.6 Å². The highest BCUT2D eigenvalue weighted by Gasteiger charge is 2.22. The molecule has 1 aliphatic carbocycles. The van der Waals surface area contributed by atoms with Crippen LogP contribution in [0.2, 0.25) is 0 Å². The van der Waals surface area contributed by atoms with Crippen LogP contribution in [-0.2, 0) is 6.42 Å². The highest BCUT2D eigenvalue weighted by atomic mass is 14.3. The predicted molar refractivity (Wildman–Crippen MR) is 74.4 cm³/mol. The number of hydrogen-bond donors (Lipinski definition) is 0. The summed E-state index contributed by atoms with van der Waals surface area (Å²) in [5.74, 6) is 0.686. The first-order valence-corrected chi connectivity index (χ1v) is 6.39. The van der Waals surface area contributed by atoms with Gasteiger partial charge < -0.3 is 0 Å². The molecule has 0 heteroatoms. The molecule has 0 N–H and O–H groups in total. The fraction of sp³-hybridized carbons (Fsp3) is 0.294. The molecule has 2 aromatic rings. The van der Waals surface area contributed by atoms with Crippen LogP contribution in [0.15, 0.2) is 48.0 Å². The molecule has 0 amide bonds. The maximum absolute atomic E-state index is 2.37. The Kier molecular flexibility index (Phi) is 2.51. The van der Waals surface area contributed by atoms with Crippen molar-refractivity contribution in [2.75, 3.05) is 0 Å². The van der Waals surface area contributed by atoms with E-state index in [4.69, 9.17) is 0 Å². The van der Waals surface area contributed by atoms with Crippen molar-refractivity contribution in [3.8, 4) is 0 Å². The molecule has 0 radical (unpaired) electrons. The molecule has 0 heterocycles. The second kappa shape index (κ2) is 4.03. The van der Waals surface area contributed by atoms with Gasteiger partial charge in [0, 0.05) is 0 Å². The molecule has 0 fully saturated rings. The van der Waals surface area contributed by atoms with Crippen LogP contribution in [0.5, 0.6) is 0 Å². The van der Waals surface area contributed by atoms with E-state index in [2.05, 4.69) is 56.3 Å². The molecule has 0 spiro atoms. The normalized spacial score (nSPS) is 17.4. The van der Waals surface area contributed by atoms with E-state index in [-0.39, 0.29) is 0 Å².